The second-order valence-electron chi connectivity index (χ2n) is 8.41. The maximum absolute atomic E-state index is 13.1. The van der Waals surface area contributed by atoms with Crippen LogP contribution in [0.3, 0.4) is 0 Å². The molecule has 2 unspecified atom stereocenters. The summed E-state index contributed by atoms with van der Waals surface area (Å²) in [5.41, 5.74) is 9.77. The van der Waals surface area contributed by atoms with E-state index in [1.165, 1.54) is 11.1 Å². The van der Waals surface area contributed by atoms with Crippen LogP contribution in [0.4, 0.5) is 5.69 Å². The van der Waals surface area contributed by atoms with Gasteiger partial charge in [-0.3, -0.25) is 15.0 Å². The van der Waals surface area contributed by atoms with Crippen LogP contribution in [0.5, 0.6) is 0 Å². The third-order valence-electron chi connectivity index (χ3n) is 6.48. The zero-order valence-corrected chi connectivity index (χ0v) is 16.5. The molecular formula is C23H26N4O2. The SMILES string of the molecule is CN1C(=O)[C@@H](NC(=O)C2CC(Cc3ccccc3)NN2)[C@H]2C[C@H]2c2ccccc21. The third kappa shape index (κ3) is 3.43. The van der Waals surface area contributed by atoms with Gasteiger partial charge in [0.15, 0.2) is 0 Å². The number of hydrazine groups is 1. The summed E-state index contributed by atoms with van der Waals surface area (Å²) in [7, 11) is 1.80. The number of carbonyl (C=O) groups excluding carboxylic acids is 2. The molecule has 1 aliphatic carbocycles. The number of para-hydroxylation sites is 1. The van der Waals surface area contributed by atoms with Crippen molar-refractivity contribution in [2.24, 2.45) is 5.92 Å². The summed E-state index contributed by atoms with van der Waals surface area (Å²) in [4.78, 5) is 27.7. The molecule has 3 aliphatic rings. The highest BCUT2D eigenvalue weighted by Crippen LogP contribution is 2.54. The van der Waals surface area contributed by atoms with Crippen molar-refractivity contribution in [1.82, 2.24) is 16.2 Å². The lowest BCUT2D eigenvalue weighted by atomic mass is 10.0. The number of nitrogens with zero attached hydrogens (tertiary/aromatic N) is 1. The van der Waals surface area contributed by atoms with E-state index in [1.807, 2.05) is 36.4 Å². The first-order valence-corrected chi connectivity index (χ1v) is 10.3. The van der Waals surface area contributed by atoms with E-state index in [0.717, 1.165) is 18.5 Å². The minimum absolute atomic E-state index is 0.0254. The van der Waals surface area contributed by atoms with Gasteiger partial charge in [0.2, 0.25) is 11.8 Å². The lowest BCUT2D eigenvalue weighted by Crippen LogP contribution is -2.53. The van der Waals surface area contributed by atoms with Gasteiger partial charge in [-0.25, -0.2) is 5.43 Å². The van der Waals surface area contributed by atoms with Gasteiger partial charge in [-0.05, 0) is 48.3 Å². The third-order valence-corrected chi connectivity index (χ3v) is 6.48. The number of hydrogen-bond donors (Lipinski definition) is 3. The summed E-state index contributed by atoms with van der Waals surface area (Å²) in [6.45, 7) is 0. The molecule has 2 aliphatic heterocycles. The fraction of sp³-hybridized carbons (Fsp3) is 0.391. The van der Waals surface area contributed by atoms with Crippen LogP contribution in [-0.4, -0.2) is 37.0 Å². The molecule has 2 aromatic rings. The average Bonchev–Trinajstić information content (AvgIpc) is 3.41. The molecule has 3 N–H and O–H groups in total. The second-order valence-corrected chi connectivity index (χ2v) is 8.41. The van der Waals surface area contributed by atoms with Crippen molar-refractivity contribution in [3.05, 3.63) is 65.7 Å². The summed E-state index contributed by atoms with van der Waals surface area (Å²) in [5, 5.41) is 3.06. The van der Waals surface area contributed by atoms with E-state index in [2.05, 4.69) is 34.4 Å². The molecule has 29 heavy (non-hydrogen) atoms. The minimum atomic E-state index is -0.458. The van der Waals surface area contributed by atoms with Gasteiger partial charge in [-0.15, -0.1) is 0 Å². The maximum Gasteiger partial charge on any atom is 0.249 e. The van der Waals surface area contributed by atoms with E-state index in [-0.39, 0.29) is 29.8 Å². The number of nitrogens with one attached hydrogen (secondary N) is 3. The van der Waals surface area contributed by atoms with Crippen molar-refractivity contribution in [3.63, 3.8) is 0 Å². The van der Waals surface area contributed by atoms with Gasteiger partial charge >= 0.3 is 0 Å². The first-order chi connectivity index (χ1) is 14.1. The van der Waals surface area contributed by atoms with Gasteiger partial charge in [-0.1, -0.05) is 48.5 Å². The van der Waals surface area contributed by atoms with Crippen LogP contribution in [0.2, 0.25) is 0 Å². The van der Waals surface area contributed by atoms with Crippen molar-refractivity contribution in [2.75, 3.05) is 11.9 Å². The Bertz CT molecular complexity index is 931. The number of rotatable bonds is 4. The largest absolute Gasteiger partial charge is 0.343 e. The number of carbonyl (C=O) groups is 2. The molecule has 0 spiro atoms. The second kappa shape index (κ2) is 7.28. The topological polar surface area (TPSA) is 73.5 Å². The molecular weight excluding hydrogens is 364 g/mol. The molecule has 5 rings (SSSR count). The molecule has 1 saturated carbocycles. The van der Waals surface area contributed by atoms with Crippen molar-refractivity contribution < 1.29 is 9.59 Å². The first-order valence-electron chi connectivity index (χ1n) is 10.3. The molecule has 2 aromatic carbocycles. The van der Waals surface area contributed by atoms with Gasteiger partial charge < -0.3 is 10.2 Å². The number of fused-ring (bicyclic) bond motifs is 3. The van der Waals surface area contributed by atoms with E-state index >= 15 is 0 Å². The van der Waals surface area contributed by atoms with Crippen LogP contribution in [0.1, 0.15) is 29.9 Å². The van der Waals surface area contributed by atoms with E-state index in [0.29, 0.717) is 12.3 Å². The molecule has 0 aromatic heterocycles. The molecule has 6 nitrogen and oxygen atoms in total. The quantitative estimate of drug-likeness (QED) is 0.743. The van der Waals surface area contributed by atoms with Gasteiger partial charge in [-0.2, -0.15) is 0 Å². The summed E-state index contributed by atoms with van der Waals surface area (Å²) in [6.07, 6.45) is 2.52. The lowest BCUT2D eigenvalue weighted by molar-refractivity contribution is -0.129. The lowest BCUT2D eigenvalue weighted by Gasteiger charge is -2.24. The highest BCUT2D eigenvalue weighted by Gasteiger charge is 2.52. The molecule has 2 amide bonds. The van der Waals surface area contributed by atoms with Crippen molar-refractivity contribution >= 4 is 17.5 Å². The predicted octanol–water partition coefficient (Wildman–Crippen LogP) is 1.73. The van der Waals surface area contributed by atoms with Crippen molar-refractivity contribution in [3.8, 4) is 0 Å². The average molecular weight is 390 g/mol. The Labute approximate surface area is 170 Å². The molecule has 2 heterocycles. The zero-order valence-electron chi connectivity index (χ0n) is 16.5. The Kier molecular flexibility index (Phi) is 4.60. The maximum atomic E-state index is 13.1. The Morgan fingerprint density at radius 2 is 1.83 bits per heavy atom. The Balaban J connectivity index is 1.24. The zero-order chi connectivity index (χ0) is 20.0. The predicted molar refractivity (Wildman–Crippen MR) is 111 cm³/mol. The van der Waals surface area contributed by atoms with Crippen LogP contribution in [0.25, 0.3) is 0 Å². The molecule has 2 fully saturated rings. The highest BCUT2D eigenvalue weighted by molar-refractivity contribution is 6.01. The van der Waals surface area contributed by atoms with Crippen LogP contribution >= 0.6 is 0 Å². The Hall–Kier alpha value is -2.70. The summed E-state index contributed by atoms with van der Waals surface area (Å²) < 4.78 is 0. The van der Waals surface area contributed by atoms with Crippen molar-refractivity contribution in [2.45, 2.75) is 43.3 Å². The van der Waals surface area contributed by atoms with E-state index in [9.17, 15) is 9.59 Å². The summed E-state index contributed by atoms with van der Waals surface area (Å²) in [5.74, 6) is 0.414. The standard InChI is InChI=1S/C23H26N4O2/c1-27-20-10-6-5-9-16(20)17-13-18(17)21(23(27)29)24-22(28)19-12-15(25-26-19)11-14-7-3-2-4-8-14/h2-10,15,17-19,21,25-26H,11-13H2,1H3,(H,24,28)/t15?,17-,18-,19?,21-/m0/s1. The molecule has 5 atom stereocenters. The number of anilines is 1. The molecule has 0 radical (unpaired) electrons. The van der Waals surface area contributed by atoms with Crippen LogP contribution < -0.4 is 21.1 Å². The molecule has 6 heteroatoms. The summed E-state index contributed by atoms with van der Waals surface area (Å²) >= 11 is 0. The smallest absolute Gasteiger partial charge is 0.249 e. The fourth-order valence-corrected chi connectivity index (χ4v) is 4.81. The molecule has 0 bridgehead atoms. The van der Waals surface area contributed by atoms with Crippen molar-refractivity contribution in [1.29, 1.82) is 0 Å². The van der Waals surface area contributed by atoms with E-state index < -0.39 is 6.04 Å². The van der Waals surface area contributed by atoms with E-state index in [4.69, 9.17) is 0 Å². The van der Waals surface area contributed by atoms with Crippen LogP contribution in [0.15, 0.2) is 54.6 Å². The minimum Gasteiger partial charge on any atom is -0.343 e. The van der Waals surface area contributed by atoms with Gasteiger partial charge in [0.1, 0.15) is 12.1 Å². The normalized spacial score (nSPS) is 30.3. The van der Waals surface area contributed by atoms with Crippen LogP contribution in [-0.2, 0) is 16.0 Å². The molecule has 150 valence electrons. The Morgan fingerprint density at radius 1 is 1.07 bits per heavy atom. The summed E-state index contributed by atoms with van der Waals surface area (Å²) in [6, 6.07) is 17.7. The van der Waals surface area contributed by atoms with Gasteiger partial charge in [0, 0.05) is 18.8 Å². The number of hydrogen-bond acceptors (Lipinski definition) is 4. The van der Waals surface area contributed by atoms with E-state index in [1.54, 1.807) is 11.9 Å². The van der Waals surface area contributed by atoms with Crippen LogP contribution in [0, 0.1) is 5.92 Å². The van der Waals surface area contributed by atoms with Gasteiger partial charge in [0.05, 0.1) is 0 Å². The number of amides is 2. The molecule has 1 saturated heterocycles. The highest BCUT2D eigenvalue weighted by atomic mass is 16.2. The Morgan fingerprint density at radius 3 is 2.66 bits per heavy atom. The number of likely N-dealkylation sites (N-methyl/N-ethyl adjacent to an activating group) is 1. The fourth-order valence-electron chi connectivity index (χ4n) is 4.81. The number of benzene rings is 2. The monoisotopic (exact) mass is 390 g/mol. The van der Waals surface area contributed by atoms with Gasteiger partial charge in [0.25, 0.3) is 0 Å². The first kappa shape index (κ1) is 18.3.